The molecule has 2 heterocycles. The van der Waals surface area contributed by atoms with E-state index in [2.05, 4.69) is 4.90 Å². The first-order valence-electron chi connectivity index (χ1n) is 7.25. The molecule has 2 fully saturated rings. The molecule has 1 aromatic carbocycles. The SMILES string of the molecule is CN1C(=O)OCC1C(=O)N1CCN(c2cccc(Cl)c2)CC1. The smallest absolute Gasteiger partial charge is 0.410 e. The third-order valence-electron chi connectivity index (χ3n) is 4.17. The number of halogens is 1. The molecule has 118 valence electrons. The molecule has 0 radical (unpaired) electrons. The number of hydrogen-bond acceptors (Lipinski definition) is 4. The van der Waals surface area contributed by atoms with Crippen molar-refractivity contribution >= 4 is 29.3 Å². The second-order valence-electron chi connectivity index (χ2n) is 5.50. The molecule has 6 nitrogen and oxygen atoms in total. The van der Waals surface area contributed by atoms with Gasteiger partial charge in [-0.2, -0.15) is 0 Å². The van der Waals surface area contributed by atoms with Crippen molar-refractivity contribution < 1.29 is 14.3 Å². The van der Waals surface area contributed by atoms with Crippen LogP contribution in [0.15, 0.2) is 24.3 Å². The predicted molar refractivity (Wildman–Crippen MR) is 83.1 cm³/mol. The topological polar surface area (TPSA) is 53.1 Å². The zero-order valence-corrected chi connectivity index (χ0v) is 13.1. The molecule has 22 heavy (non-hydrogen) atoms. The normalized spacial score (nSPS) is 22.0. The third kappa shape index (κ3) is 2.83. The van der Waals surface area contributed by atoms with E-state index in [-0.39, 0.29) is 12.5 Å². The number of ether oxygens (including phenoxy) is 1. The number of piperazine rings is 1. The van der Waals surface area contributed by atoms with Gasteiger partial charge in [0.25, 0.3) is 0 Å². The van der Waals surface area contributed by atoms with Gasteiger partial charge in [0, 0.05) is 43.9 Å². The zero-order valence-electron chi connectivity index (χ0n) is 12.4. The third-order valence-corrected chi connectivity index (χ3v) is 4.41. The number of hydrogen-bond donors (Lipinski definition) is 0. The Hall–Kier alpha value is -1.95. The molecule has 0 spiro atoms. The summed E-state index contributed by atoms with van der Waals surface area (Å²) in [6.07, 6.45) is -0.434. The van der Waals surface area contributed by atoms with E-state index in [1.54, 1.807) is 11.9 Å². The number of cyclic esters (lactones) is 1. The highest BCUT2D eigenvalue weighted by atomic mass is 35.5. The van der Waals surface area contributed by atoms with E-state index in [1.807, 2.05) is 24.3 Å². The van der Waals surface area contributed by atoms with Gasteiger partial charge in [-0.15, -0.1) is 0 Å². The maximum absolute atomic E-state index is 12.5. The Balaban J connectivity index is 1.60. The van der Waals surface area contributed by atoms with Crippen LogP contribution in [0.1, 0.15) is 0 Å². The monoisotopic (exact) mass is 323 g/mol. The molecule has 0 saturated carbocycles. The number of carbonyl (C=O) groups is 2. The number of rotatable bonds is 2. The van der Waals surface area contributed by atoms with E-state index in [0.717, 1.165) is 18.8 Å². The first kappa shape index (κ1) is 15.0. The second kappa shape index (κ2) is 6.04. The Bertz CT molecular complexity index is 587. The zero-order chi connectivity index (χ0) is 15.7. The molecule has 3 rings (SSSR count). The average Bonchev–Trinajstić information content (AvgIpc) is 2.86. The van der Waals surface area contributed by atoms with E-state index >= 15 is 0 Å². The van der Waals surface area contributed by atoms with Crippen molar-refractivity contribution in [1.82, 2.24) is 9.80 Å². The fourth-order valence-corrected chi connectivity index (χ4v) is 2.98. The molecule has 2 saturated heterocycles. The minimum atomic E-state index is -0.495. The van der Waals surface area contributed by atoms with Gasteiger partial charge in [0.1, 0.15) is 12.6 Å². The van der Waals surface area contributed by atoms with Crippen molar-refractivity contribution in [3.8, 4) is 0 Å². The van der Waals surface area contributed by atoms with Crippen LogP contribution in [0.4, 0.5) is 10.5 Å². The lowest BCUT2D eigenvalue weighted by Crippen LogP contribution is -2.54. The van der Waals surface area contributed by atoms with Crippen LogP contribution in [0.3, 0.4) is 0 Å². The lowest BCUT2D eigenvalue weighted by molar-refractivity contribution is -0.135. The Morgan fingerprint density at radius 2 is 2.00 bits per heavy atom. The Labute approximate surface area is 134 Å². The van der Waals surface area contributed by atoms with Gasteiger partial charge < -0.3 is 14.5 Å². The molecular weight excluding hydrogens is 306 g/mol. The lowest BCUT2D eigenvalue weighted by atomic mass is 10.2. The van der Waals surface area contributed by atoms with Gasteiger partial charge in [0.2, 0.25) is 5.91 Å². The number of anilines is 1. The van der Waals surface area contributed by atoms with E-state index in [4.69, 9.17) is 16.3 Å². The van der Waals surface area contributed by atoms with Crippen molar-refractivity contribution in [2.75, 3.05) is 44.7 Å². The molecule has 2 aliphatic rings. The van der Waals surface area contributed by atoms with E-state index in [0.29, 0.717) is 18.1 Å². The number of nitrogens with zero attached hydrogens (tertiary/aromatic N) is 3. The molecule has 1 aromatic rings. The molecule has 1 unspecified atom stereocenters. The van der Waals surface area contributed by atoms with E-state index in [9.17, 15) is 9.59 Å². The summed E-state index contributed by atoms with van der Waals surface area (Å²) in [6.45, 7) is 2.89. The summed E-state index contributed by atoms with van der Waals surface area (Å²) in [7, 11) is 1.60. The van der Waals surface area contributed by atoms with Gasteiger partial charge in [0.05, 0.1) is 0 Å². The first-order chi connectivity index (χ1) is 10.6. The number of amides is 2. The van der Waals surface area contributed by atoms with Crippen LogP contribution in [-0.4, -0.2) is 67.7 Å². The number of benzene rings is 1. The van der Waals surface area contributed by atoms with Crippen molar-refractivity contribution in [2.24, 2.45) is 0 Å². The van der Waals surface area contributed by atoms with Gasteiger partial charge in [-0.05, 0) is 18.2 Å². The summed E-state index contributed by atoms with van der Waals surface area (Å²) in [5.74, 6) is -0.0425. The van der Waals surface area contributed by atoms with Gasteiger partial charge >= 0.3 is 6.09 Å². The van der Waals surface area contributed by atoms with Crippen LogP contribution in [0.25, 0.3) is 0 Å². The second-order valence-corrected chi connectivity index (χ2v) is 5.93. The Kier molecular flexibility index (Phi) is 4.11. The van der Waals surface area contributed by atoms with Gasteiger partial charge in [0.15, 0.2) is 0 Å². The summed E-state index contributed by atoms with van der Waals surface area (Å²) < 4.78 is 4.91. The summed E-state index contributed by atoms with van der Waals surface area (Å²) in [5, 5.41) is 0.708. The highest BCUT2D eigenvalue weighted by molar-refractivity contribution is 6.30. The minimum absolute atomic E-state index is 0.0425. The molecule has 0 bridgehead atoms. The van der Waals surface area contributed by atoms with Gasteiger partial charge in [-0.1, -0.05) is 17.7 Å². The van der Waals surface area contributed by atoms with Crippen LogP contribution in [0.5, 0.6) is 0 Å². The standard InChI is InChI=1S/C15H18ClN3O3/c1-17-13(10-22-15(17)21)14(20)19-7-5-18(6-8-19)12-4-2-3-11(16)9-12/h2-4,9,13H,5-8,10H2,1H3. The molecule has 1 atom stereocenters. The van der Waals surface area contributed by atoms with Crippen molar-refractivity contribution in [2.45, 2.75) is 6.04 Å². The van der Waals surface area contributed by atoms with Crippen molar-refractivity contribution in [1.29, 1.82) is 0 Å². The van der Waals surface area contributed by atoms with Crippen LogP contribution in [0, 0.1) is 0 Å². The molecule has 0 aliphatic carbocycles. The highest BCUT2D eigenvalue weighted by Crippen LogP contribution is 2.21. The fourth-order valence-electron chi connectivity index (χ4n) is 2.80. The van der Waals surface area contributed by atoms with Crippen LogP contribution in [0.2, 0.25) is 5.02 Å². The lowest BCUT2D eigenvalue weighted by Gasteiger charge is -2.37. The summed E-state index contributed by atoms with van der Waals surface area (Å²) >= 11 is 6.02. The van der Waals surface area contributed by atoms with Gasteiger partial charge in [-0.3, -0.25) is 9.69 Å². The van der Waals surface area contributed by atoms with Crippen LogP contribution >= 0.6 is 11.6 Å². The van der Waals surface area contributed by atoms with E-state index in [1.165, 1.54) is 4.90 Å². The average molecular weight is 324 g/mol. The minimum Gasteiger partial charge on any atom is -0.447 e. The molecular formula is C15H18ClN3O3. The molecule has 2 amide bonds. The van der Waals surface area contributed by atoms with Gasteiger partial charge in [-0.25, -0.2) is 4.79 Å². The summed E-state index contributed by atoms with van der Waals surface area (Å²) in [4.78, 5) is 29.2. The van der Waals surface area contributed by atoms with Crippen LogP contribution < -0.4 is 4.90 Å². The molecule has 0 N–H and O–H groups in total. The Morgan fingerprint density at radius 3 is 2.59 bits per heavy atom. The largest absolute Gasteiger partial charge is 0.447 e. The summed E-state index contributed by atoms with van der Waals surface area (Å²) in [6, 6.07) is 7.21. The molecule has 2 aliphatic heterocycles. The Morgan fingerprint density at radius 1 is 1.27 bits per heavy atom. The first-order valence-corrected chi connectivity index (χ1v) is 7.63. The maximum atomic E-state index is 12.5. The number of likely N-dealkylation sites (N-methyl/N-ethyl adjacent to an activating group) is 1. The number of carbonyl (C=O) groups excluding carboxylic acids is 2. The fraction of sp³-hybridized carbons (Fsp3) is 0.467. The van der Waals surface area contributed by atoms with E-state index < -0.39 is 12.1 Å². The molecule has 0 aromatic heterocycles. The summed E-state index contributed by atoms with van der Waals surface area (Å²) in [5.41, 5.74) is 1.07. The quantitative estimate of drug-likeness (QED) is 0.826. The van der Waals surface area contributed by atoms with Crippen molar-refractivity contribution in [3.05, 3.63) is 29.3 Å². The highest BCUT2D eigenvalue weighted by Gasteiger charge is 2.38. The van der Waals surface area contributed by atoms with Crippen molar-refractivity contribution in [3.63, 3.8) is 0 Å². The molecule has 7 heteroatoms. The predicted octanol–water partition coefficient (Wildman–Crippen LogP) is 1.44. The van der Waals surface area contributed by atoms with Crippen LogP contribution in [-0.2, 0) is 9.53 Å². The maximum Gasteiger partial charge on any atom is 0.410 e.